The van der Waals surface area contributed by atoms with Crippen LogP contribution >= 0.6 is 11.3 Å². The lowest BCUT2D eigenvalue weighted by Crippen LogP contribution is -2.37. The summed E-state index contributed by atoms with van der Waals surface area (Å²) in [7, 11) is 3.27. The van der Waals surface area contributed by atoms with Gasteiger partial charge < -0.3 is 24.8 Å². The predicted molar refractivity (Wildman–Crippen MR) is 113 cm³/mol. The van der Waals surface area contributed by atoms with Gasteiger partial charge in [0.1, 0.15) is 15.9 Å². The normalized spacial score (nSPS) is 15.6. The molecule has 0 fully saturated rings. The third-order valence-corrected chi connectivity index (χ3v) is 5.85. The maximum Gasteiger partial charge on any atom is 0.265 e. The summed E-state index contributed by atoms with van der Waals surface area (Å²) in [4.78, 5) is 19.0. The third kappa shape index (κ3) is 3.49. The van der Waals surface area contributed by atoms with Crippen molar-refractivity contribution in [2.24, 2.45) is 0 Å². The molecule has 0 unspecified atom stereocenters. The standard InChI is InChI=1S/C21H23N3O4S/c1-5-28-15-9-12(6-7-14(15)27-4)19-23-17-16-13(10-26-3)8-11(2)22-21(16)29-18(17)20(25)24-19/h6-9,19,23H,5,10H2,1-4H3,(H,24,25)/t19-/m1/s1. The van der Waals surface area contributed by atoms with Gasteiger partial charge in [-0.2, -0.15) is 0 Å². The van der Waals surface area contributed by atoms with Crippen molar-refractivity contribution >= 4 is 33.1 Å². The molecular formula is C21H23N3O4S. The largest absolute Gasteiger partial charge is 0.493 e. The van der Waals surface area contributed by atoms with Crippen LogP contribution in [0.3, 0.4) is 0 Å². The molecule has 1 aliphatic rings. The Morgan fingerprint density at radius 3 is 2.72 bits per heavy atom. The molecule has 3 heterocycles. The summed E-state index contributed by atoms with van der Waals surface area (Å²) in [5, 5.41) is 7.45. The lowest BCUT2D eigenvalue weighted by molar-refractivity contribution is 0.0940. The molecule has 2 N–H and O–H groups in total. The Morgan fingerprint density at radius 1 is 1.17 bits per heavy atom. The molecule has 3 aromatic rings. The van der Waals surface area contributed by atoms with Gasteiger partial charge in [-0.05, 0) is 43.2 Å². The Balaban J connectivity index is 1.78. The van der Waals surface area contributed by atoms with E-state index >= 15 is 0 Å². The van der Waals surface area contributed by atoms with Gasteiger partial charge in [-0.1, -0.05) is 6.07 Å². The first-order chi connectivity index (χ1) is 14.0. The minimum Gasteiger partial charge on any atom is -0.493 e. The van der Waals surface area contributed by atoms with Gasteiger partial charge in [-0.15, -0.1) is 11.3 Å². The summed E-state index contributed by atoms with van der Waals surface area (Å²) in [6.07, 6.45) is -0.394. The monoisotopic (exact) mass is 413 g/mol. The van der Waals surface area contributed by atoms with Crippen LogP contribution in [0.25, 0.3) is 10.2 Å². The Morgan fingerprint density at radius 2 is 2.00 bits per heavy atom. The number of aryl methyl sites for hydroxylation is 1. The van der Waals surface area contributed by atoms with E-state index in [4.69, 9.17) is 14.2 Å². The van der Waals surface area contributed by atoms with E-state index in [1.54, 1.807) is 14.2 Å². The van der Waals surface area contributed by atoms with Crippen LogP contribution in [-0.2, 0) is 11.3 Å². The second-order valence-electron chi connectivity index (χ2n) is 6.74. The van der Waals surface area contributed by atoms with E-state index in [-0.39, 0.29) is 5.91 Å². The van der Waals surface area contributed by atoms with E-state index in [1.807, 2.05) is 38.1 Å². The number of amides is 1. The van der Waals surface area contributed by atoms with Gasteiger partial charge in [0.05, 0.1) is 26.0 Å². The number of carbonyl (C=O) groups is 1. The molecule has 0 saturated heterocycles. The Kier molecular flexibility index (Phi) is 5.29. The van der Waals surface area contributed by atoms with Crippen molar-refractivity contribution in [3.63, 3.8) is 0 Å². The van der Waals surface area contributed by atoms with E-state index in [9.17, 15) is 4.79 Å². The van der Waals surface area contributed by atoms with Crippen LogP contribution in [0.5, 0.6) is 11.5 Å². The Hall–Kier alpha value is -2.84. The van der Waals surface area contributed by atoms with Gasteiger partial charge in [-0.3, -0.25) is 4.79 Å². The highest BCUT2D eigenvalue weighted by Gasteiger charge is 2.30. The van der Waals surface area contributed by atoms with Crippen molar-refractivity contribution in [3.05, 3.63) is 46.0 Å². The molecule has 29 heavy (non-hydrogen) atoms. The number of anilines is 1. The molecule has 0 aliphatic carbocycles. The molecule has 1 amide bonds. The second kappa shape index (κ2) is 7.88. The molecule has 2 aromatic heterocycles. The lowest BCUT2D eigenvalue weighted by atomic mass is 10.1. The highest BCUT2D eigenvalue weighted by molar-refractivity contribution is 7.21. The summed E-state index contributed by atoms with van der Waals surface area (Å²) in [6.45, 7) is 4.84. The fraction of sp³-hybridized carbons (Fsp3) is 0.333. The van der Waals surface area contributed by atoms with E-state index in [2.05, 4.69) is 15.6 Å². The minimum atomic E-state index is -0.394. The summed E-state index contributed by atoms with van der Waals surface area (Å²) in [5.74, 6) is 1.17. The molecule has 0 spiro atoms. The number of rotatable bonds is 6. The molecule has 7 nitrogen and oxygen atoms in total. The zero-order chi connectivity index (χ0) is 20.5. The van der Waals surface area contributed by atoms with Crippen molar-refractivity contribution in [2.75, 3.05) is 26.1 Å². The Labute approximate surface area is 173 Å². The number of hydrogen-bond acceptors (Lipinski definition) is 7. The number of ether oxygens (including phenoxy) is 3. The maximum atomic E-state index is 12.9. The fourth-order valence-corrected chi connectivity index (χ4v) is 4.70. The van der Waals surface area contributed by atoms with Gasteiger partial charge in [0, 0.05) is 18.2 Å². The second-order valence-corrected chi connectivity index (χ2v) is 7.74. The lowest BCUT2D eigenvalue weighted by Gasteiger charge is -2.27. The molecule has 1 aliphatic heterocycles. The first kappa shape index (κ1) is 19.5. The van der Waals surface area contributed by atoms with E-state index in [0.29, 0.717) is 29.6 Å². The van der Waals surface area contributed by atoms with E-state index in [1.165, 1.54) is 11.3 Å². The molecule has 0 radical (unpaired) electrons. The number of benzene rings is 1. The number of hydrogen-bond donors (Lipinski definition) is 2. The average Bonchev–Trinajstić information content (AvgIpc) is 3.07. The van der Waals surface area contributed by atoms with Crippen molar-refractivity contribution in [2.45, 2.75) is 26.6 Å². The zero-order valence-electron chi connectivity index (χ0n) is 16.8. The van der Waals surface area contributed by atoms with Gasteiger partial charge >= 0.3 is 0 Å². The Bertz CT molecular complexity index is 1080. The van der Waals surface area contributed by atoms with Gasteiger partial charge in [0.2, 0.25) is 0 Å². The number of carbonyl (C=O) groups excluding carboxylic acids is 1. The summed E-state index contributed by atoms with van der Waals surface area (Å²) in [6, 6.07) is 7.65. The SMILES string of the molecule is CCOc1cc([C@H]2NC(=O)c3sc4nc(C)cc(COC)c4c3N2)ccc1OC. The van der Waals surface area contributed by atoms with Gasteiger partial charge in [0.25, 0.3) is 5.91 Å². The molecule has 152 valence electrons. The summed E-state index contributed by atoms with van der Waals surface area (Å²) >= 11 is 1.39. The number of thiophene rings is 1. The average molecular weight is 413 g/mol. The van der Waals surface area contributed by atoms with Crippen molar-refractivity contribution in [1.29, 1.82) is 0 Å². The zero-order valence-corrected chi connectivity index (χ0v) is 17.6. The fourth-order valence-electron chi connectivity index (χ4n) is 3.56. The number of fused-ring (bicyclic) bond motifs is 3. The van der Waals surface area contributed by atoms with Gasteiger partial charge in [0.15, 0.2) is 11.5 Å². The number of methoxy groups -OCH3 is 2. The number of aromatic nitrogens is 1. The molecule has 4 rings (SSSR count). The van der Waals surface area contributed by atoms with E-state index in [0.717, 1.165) is 32.7 Å². The smallest absolute Gasteiger partial charge is 0.265 e. The van der Waals surface area contributed by atoms with Crippen molar-refractivity contribution < 1.29 is 19.0 Å². The molecule has 1 aromatic carbocycles. The molecular weight excluding hydrogens is 390 g/mol. The van der Waals surface area contributed by atoms with Crippen LogP contribution in [0.4, 0.5) is 5.69 Å². The molecule has 0 saturated carbocycles. The first-order valence-corrected chi connectivity index (χ1v) is 10.2. The number of pyridine rings is 1. The molecule has 0 bridgehead atoms. The van der Waals surface area contributed by atoms with Crippen LogP contribution in [0.2, 0.25) is 0 Å². The first-order valence-electron chi connectivity index (χ1n) is 9.35. The quantitative estimate of drug-likeness (QED) is 0.635. The summed E-state index contributed by atoms with van der Waals surface area (Å²) < 4.78 is 16.4. The predicted octanol–water partition coefficient (Wildman–Crippen LogP) is 4.01. The molecule has 8 heteroatoms. The highest BCUT2D eigenvalue weighted by atomic mass is 32.1. The van der Waals surface area contributed by atoms with Crippen molar-refractivity contribution in [1.82, 2.24) is 10.3 Å². The van der Waals surface area contributed by atoms with Crippen LogP contribution in [0, 0.1) is 6.92 Å². The van der Waals surface area contributed by atoms with Gasteiger partial charge in [-0.25, -0.2) is 4.98 Å². The maximum absolute atomic E-state index is 12.9. The van der Waals surface area contributed by atoms with Crippen LogP contribution in [-0.4, -0.2) is 31.7 Å². The minimum absolute atomic E-state index is 0.124. The van der Waals surface area contributed by atoms with E-state index < -0.39 is 6.17 Å². The number of nitrogens with zero attached hydrogens (tertiary/aromatic N) is 1. The topological polar surface area (TPSA) is 81.7 Å². The van der Waals surface area contributed by atoms with Crippen LogP contribution in [0.1, 0.15) is 39.6 Å². The number of nitrogens with one attached hydrogen (secondary N) is 2. The van der Waals surface area contributed by atoms with Crippen LogP contribution in [0.15, 0.2) is 24.3 Å². The summed E-state index contributed by atoms with van der Waals surface area (Å²) in [5.41, 5.74) is 3.59. The van der Waals surface area contributed by atoms with Crippen LogP contribution < -0.4 is 20.1 Å². The van der Waals surface area contributed by atoms with Crippen molar-refractivity contribution in [3.8, 4) is 11.5 Å². The molecule has 1 atom stereocenters. The highest BCUT2D eigenvalue weighted by Crippen LogP contribution is 2.42. The third-order valence-electron chi connectivity index (χ3n) is 4.76.